The number of hydrogen-bond donors (Lipinski definition) is 1. The third-order valence-corrected chi connectivity index (χ3v) is 6.26. The van der Waals surface area contributed by atoms with E-state index < -0.39 is 0 Å². The van der Waals surface area contributed by atoms with Crippen molar-refractivity contribution in [1.29, 1.82) is 0 Å². The number of carbonyl (C=O) groups is 1. The number of aromatic nitrogens is 2. The Bertz CT molecular complexity index is 1010. The van der Waals surface area contributed by atoms with E-state index in [0.717, 1.165) is 42.7 Å². The molecular weight excluding hydrogens is 418 g/mol. The highest BCUT2D eigenvalue weighted by atomic mass is 32.1. The molecule has 1 amide bonds. The minimum absolute atomic E-state index is 0.241. The molecule has 0 atom stereocenters. The van der Waals surface area contributed by atoms with E-state index in [-0.39, 0.29) is 5.91 Å². The first kappa shape index (κ1) is 20.0. The molecule has 2 aliphatic heterocycles. The molecule has 31 heavy (non-hydrogen) atoms. The maximum atomic E-state index is 12.8. The van der Waals surface area contributed by atoms with Gasteiger partial charge in [0.15, 0.2) is 10.9 Å². The number of amides is 1. The van der Waals surface area contributed by atoms with Gasteiger partial charge in [-0.1, -0.05) is 11.3 Å². The highest BCUT2D eigenvalue weighted by Crippen LogP contribution is 2.39. The van der Waals surface area contributed by atoms with Crippen molar-refractivity contribution in [2.24, 2.45) is 0 Å². The first-order valence-corrected chi connectivity index (χ1v) is 11.1. The van der Waals surface area contributed by atoms with Gasteiger partial charge in [0.25, 0.3) is 5.91 Å². The van der Waals surface area contributed by atoms with Crippen LogP contribution in [0.2, 0.25) is 0 Å². The third kappa shape index (κ3) is 4.41. The van der Waals surface area contributed by atoms with Crippen molar-refractivity contribution in [2.75, 3.05) is 67.7 Å². The van der Waals surface area contributed by atoms with Crippen LogP contribution in [0.3, 0.4) is 0 Å². The Labute approximate surface area is 183 Å². The zero-order chi connectivity index (χ0) is 21.0. The lowest BCUT2D eigenvalue weighted by Gasteiger charge is -2.27. The van der Waals surface area contributed by atoms with Crippen molar-refractivity contribution in [3.8, 4) is 11.5 Å². The molecule has 162 valence electrons. The summed E-state index contributed by atoms with van der Waals surface area (Å²) in [7, 11) is 0. The predicted molar refractivity (Wildman–Crippen MR) is 118 cm³/mol. The van der Waals surface area contributed by atoms with E-state index in [9.17, 15) is 4.79 Å². The molecule has 5 rings (SSSR count). The number of morpholine rings is 2. The summed E-state index contributed by atoms with van der Waals surface area (Å²) in [4.78, 5) is 26.3. The number of rotatable bonds is 5. The molecule has 0 bridgehead atoms. The number of furan rings is 1. The van der Waals surface area contributed by atoms with Crippen LogP contribution >= 0.6 is 11.3 Å². The summed E-state index contributed by atoms with van der Waals surface area (Å²) >= 11 is 1.44. The summed E-state index contributed by atoms with van der Waals surface area (Å²) in [5.41, 5.74) is 1.22. The molecule has 0 aromatic carbocycles. The quantitative estimate of drug-likeness (QED) is 0.646. The van der Waals surface area contributed by atoms with Crippen molar-refractivity contribution >= 4 is 33.2 Å². The zero-order valence-corrected chi connectivity index (χ0v) is 17.8. The molecule has 10 heteroatoms. The first-order chi connectivity index (χ1) is 15.3. The summed E-state index contributed by atoms with van der Waals surface area (Å²) in [6, 6.07) is 7.36. The Morgan fingerprint density at radius 3 is 2.39 bits per heavy atom. The number of pyridine rings is 1. The van der Waals surface area contributed by atoms with Gasteiger partial charge in [0.1, 0.15) is 16.5 Å². The molecule has 0 spiro atoms. The molecule has 3 aromatic heterocycles. The van der Waals surface area contributed by atoms with E-state index in [1.54, 1.807) is 18.5 Å². The SMILES string of the molecule is O=C(Nc1nc(-c2ccco2)c(N2CCOCC2)s1)c1ccc(N2CCOCC2)nc1. The van der Waals surface area contributed by atoms with Gasteiger partial charge in [-0.25, -0.2) is 9.97 Å². The van der Waals surface area contributed by atoms with Crippen LogP contribution in [0.4, 0.5) is 16.0 Å². The van der Waals surface area contributed by atoms with E-state index in [0.29, 0.717) is 42.9 Å². The minimum Gasteiger partial charge on any atom is -0.463 e. The minimum atomic E-state index is -0.241. The van der Waals surface area contributed by atoms with Crippen LogP contribution in [0.15, 0.2) is 41.1 Å². The highest BCUT2D eigenvalue weighted by Gasteiger charge is 2.23. The summed E-state index contributed by atoms with van der Waals surface area (Å²) in [5, 5.41) is 4.40. The monoisotopic (exact) mass is 441 g/mol. The molecule has 5 heterocycles. The van der Waals surface area contributed by atoms with Crippen LogP contribution in [-0.2, 0) is 9.47 Å². The Balaban J connectivity index is 1.33. The van der Waals surface area contributed by atoms with Crippen LogP contribution in [0.1, 0.15) is 10.4 Å². The van der Waals surface area contributed by atoms with Crippen LogP contribution in [0.25, 0.3) is 11.5 Å². The normalized spacial score (nSPS) is 17.0. The lowest BCUT2D eigenvalue weighted by molar-refractivity contribution is 0.102. The zero-order valence-electron chi connectivity index (χ0n) is 17.0. The Morgan fingerprint density at radius 2 is 1.74 bits per heavy atom. The van der Waals surface area contributed by atoms with Crippen molar-refractivity contribution in [3.05, 3.63) is 42.3 Å². The van der Waals surface area contributed by atoms with Crippen molar-refractivity contribution in [1.82, 2.24) is 9.97 Å². The molecule has 0 radical (unpaired) electrons. The van der Waals surface area contributed by atoms with Crippen LogP contribution in [0.5, 0.6) is 0 Å². The van der Waals surface area contributed by atoms with E-state index >= 15 is 0 Å². The number of ether oxygens (including phenoxy) is 2. The van der Waals surface area contributed by atoms with Gasteiger partial charge >= 0.3 is 0 Å². The molecule has 1 N–H and O–H groups in total. The van der Waals surface area contributed by atoms with Gasteiger partial charge in [-0.05, 0) is 24.3 Å². The van der Waals surface area contributed by atoms with Crippen LogP contribution in [0, 0.1) is 0 Å². The van der Waals surface area contributed by atoms with Gasteiger partial charge in [-0.15, -0.1) is 0 Å². The summed E-state index contributed by atoms with van der Waals surface area (Å²) in [5.74, 6) is 1.29. The van der Waals surface area contributed by atoms with Gasteiger partial charge in [0, 0.05) is 32.4 Å². The van der Waals surface area contributed by atoms with Crippen molar-refractivity contribution < 1.29 is 18.7 Å². The van der Waals surface area contributed by atoms with E-state index in [4.69, 9.17) is 13.9 Å². The van der Waals surface area contributed by atoms with Gasteiger partial charge in [0.05, 0.1) is 38.3 Å². The first-order valence-electron chi connectivity index (χ1n) is 10.3. The Hall–Kier alpha value is -2.95. The second-order valence-electron chi connectivity index (χ2n) is 7.21. The summed E-state index contributed by atoms with van der Waals surface area (Å²) in [6.07, 6.45) is 3.22. The number of carbonyl (C=O) groups excluding carboxylic acids is 1. The molecule has 0 aliphatic carbocycles. The molecule has 0 saturated carbocycles. The average Bonchev–Trinajstić information content (AvgIpc) is 3.50. The summed E-state index contributed by atoms with van der Waals surface area (Å²) in [6.45, 7) is 5.87. The second-order valence-corrected chi connectivity index (χ2v) is 8.19. The van der Waals surface area contributed by atoms with Gasteiger partial charge < -0.3 is 23.7 Å². The number of hydrogen-bond acceptors (Lipinski definition) is 9. The van der Waals surface area contributed by atoms with Crippen molar-refractivity contribution in [3.63, 3.8) is 0 Å². The highest BCUT2D eigenvalue weighted by molar-refractivity contribution is 7.20. The van der Waals surface area contributed by atoms with Gasteiger partial charge in [-0.2, -0.15) is 0 Å². The third-order valence-electron chi connectivity index (χ3n) is 5.23. The van der Waals surface area contributed by atoms with Gasteiger partial charge in [0.2, 0.25) is 0 Å². The predicted octanol–water partition coefficient (Wildman–Crippen LogP) is 2.72. The number of nitrogens with one attached hydrogen (secondary N) is 1. The maximum Gasteiger partial charge on any atom is 0.259 e. The van der Waals surface area contributed by atoms with E-state index in [2.05, 4.69) is 25.1 Å². The average molecular weight is 442 g/mol. The molecule has 9 nitrogen and oxygen atoms in total. The number of thiazole rings is 1. The summed E-state index contributed by atoms with van der Waals surface area (Å²) < 4.78 is 16.4. The van der Waals surface area contributed by atoms with Crippen molar-refractivity contribution in [2.45, 2.75) is 0 Å². The number of anilines is 3. The second kappa shape index (κ2) is 9.04. The fourth-order valence-corrected chi connectivity index (χ4v) is 4.61. The largest absolute Gasteiger partial charge is 0.463 e. The topological polar surface area (TPSA) is 93.0 Å². The van der Waals surface area contributed by atoms with E-state index in [1.807, 2.05) is 18.2 Å². The molecule has 0 unspecified atom stereocenters. The molecule has 3 aromatic rings. The lowest BCUT2D eigenvalue weighted by atomic mass is 10.2. The standard InChI is InChI=1S/C21H23N5O4S/c27-19(15-3-4-17(22-14-15)25-5-10-28-11-6-25)24-21-23-18(16-2-1-9-30-16)20(31-21)26-7-12-29-13-8-26/h1-4,9,14H,5-8,10-13H2,(H,23,24,27). The van der Waals surface area contributed by atoms with Gasteiger partial charge in [-0.3, -0.25) is 10.1 Å². The van der Waals surface area contributed by atoms with E-state index in [1.165, 1.54) is 11.3 Å². The maximum absolute atomic E-state index is 12.8. The molecule has 2 aliphatic rings. The fourth-order valence-electron chi connectivity index (χ4n) is 3.59. The Kier molecular flexibility index (Phi) is 5.83. The number of nitrogens with zero attached hydrogens (tertiary/aromatic N) is 4. The van der Waals surface area contributed by atoms with Crippen LogP contribution < -0.4 is 15.1 Å². The Morgan fingerprint density at radius 1 is 1.00 bits per heavy atom. The molecule has 2 saturated heterocycles. The smallest absolute Gasteiger partial charge is 0.259 e. The fraction of sp³-hybridized carbons (Fsp3) is 0.381. The van der Waals surface area contributed by atoms with Crippen LogP contribution in [-0.4, -0.2) is 68.5 Å². The molecule has 2 fully saturated rings. The lowest BCUT2D eigenvalue weighted by Crippen LogP contribution is -2.36. The molecular formula is C21H23N5O4S.